The molecule has 1 amide bonds. The van der Waals surface area contributed by atoms with Gasteiger partial charge in [-0.2, -0.15) is 0 Å². The van der Waals surface area contributed by atoms with Crippen LogP contribution in [0.1, 0.15) is 36.5 Å². The van der Waals surface area contributed by atoms with Crippen LogP contribution in [-0.4, -0.2) is 40.3 Å². The first kappa shape index (κ1) is 19.5. The first-order chi connectivity index (χ1) is 10.9. The number of halogens is 1. The number of carbonyl (C=O) groups excluding carboxylic acids is 2. The highest BCUT2D eigenvalue weighted by molar-refractivity contribution is 8.00. The number of ketones is 1. The highest BCUT2D eigenvalue weighted by atomic mass is 35.5. The molecule has 5 nitrogen and oxygen atoms in total. The molecule has 0 unspecified atom stereocenters. The summed E-state index contributed by atoms with van der Waals surface area (Å²) in [6, 6.07) is 5.68. The van der Waals surface area contributed by atoms with Gasteiger partial charge in [-0.25, -0.2) is 4.79 Å². The van der Waals surface area contributed by atoms with Crippen molar-refractivity contribution in [2.75, 3.05) is 11.5 Å². The predicted octanol–water partition coefficient (Wildman–Crippen LogP) is 3.02. The minimum atomic E-state index is -1.03. The number of Topliss-reactive ketones (excluding diaryl/α,β-unsaturated/α-hetero) is 1. The van der Waals surface area contributed by atoms with Crippen molar-refractivity contribution in [2.24, 2.45) is 0 Å². The van der Waals surface area contributed by atoms with Crippen LogP contribution < -0.4 is 5.32 Å². The maximum Gasteiger partial charge on any atom is 0.326 e. The van der Waals surface area contributed by atoms with Crippen LogP contribution in [0, 0.1) is 0 Å². The fraction of sp³-hybridized carbons (Fsp3) is 0.438. The Hall–Kier alpha value is -1.53. The summed E-state index contributed by atoms with van der Waals surface area (Å²) in [4.78, 5) is 34.7. The number of carbonyl (C=O) groups is 3. The third kappa shape index (κ3) is 7.52. The number of rotatable bonds is 10. The Morgan fingerprint density at radius 2 is 1.87 bits per heavy atom. The highest BCUT2D eigenvalue weighted by Gasteiger charge is 2.19. The Balaban J connectivity index is 2.36. The molecule has 0 heterocycles. The van der Waals surface area contributed by atoms with Gasteiger partial charge in [-0.3, -0.25) is 9.59 Å². The molecule has 1 rings (SSSR count). The predicted molar refractivity (Wildman–Crippen MR) is 92.2 cm³/mol. The Kier molecular flexibility index (Phi) is 8.73. The van der Waals surface area contributed by atoms with Crippen molar-refractivity contribution in [1.29, 1.82) is 0 Å². The van der Waals surface area contributed by atoms with Gasteiger partial charge in [-0.05, 0) is 30.7 Å². The Morgan fingerprint density at radius 3 is 2.43 bits per heavy atom. The number of amides is 1. The van der Waals surface area contributed by atoms with Gasteiger partial charge in [0.15, 0.2) is 5.78 Å². The van der Waals surface area contributed by atoms with E-state index in [0.29, 0.717) is 17.0 Å². The summed E-state index contributed by atoms with van der Waals surface area (Å²) in [5, 5.41) is 12.1. The van der Waals surface area contributed by atoms with Gasteiger partial charge in [0.2, 0.25) is 5.91 Å². The Morgan fingerprint density at radius 1 is 1.22 bits per heavy atom. The largest absolute Gasteiger partial charge is 0.480 e. The number of nitrogens with one attached hydrogen (secondary N) is 1. The van der Waals surface area contributed by atoms with Gasteiger partial charge in [0, 0.05) is 10.6 Å². The molecule has 0 saturated heterocycles. The number of unbranched alkanes of at least 4 members (excludes halogenated alkanes) is 1. The lowest BCUT2D eigenvalue weighted by Crippen LogP contribution is -2.41. The van der Waals surface area contributed by atoms with E-state index in [9.17, 15) is 14.4 Å². The summed E-state index contributed by atoms with van der Waals surface area (Å²) in [5.74, 6) is -1.30. The molecule has 0 spiro atoms. The van der Waals surface area contributed by atoms with Crippen molar-refractivity contribution < 1.29 is 19.5 Å². The maximum absolute atomic E-state index is 11.9. The second-order valence-corrected chi connectivity index (χ2v) is 6.45. The molecule has 2 N–H and O–H groups in total. The molecule has 23 heavy (non-hydrogen) atoms. The van der Waals surface area contributed by atoms with Crippen molar-refractivity contribution >= 4 is 41.0 Å². The van der Waals surface area contributed by atoms with Crippen molar-refractivity contribution in [3.8, 4) is 0 Å². The minimum absolute atomic E-state index is 0.0508. The number of hydrogen-bond donors (Lipinski definition) is 2. The van der Waals surface area contributed by atoms with E-state index in [2.05, 4.69) is 5.32 Å². The number of thioether (sulfide) groups is 1. The molecule has 1 atom stereocenters. The van der Waals surface area contributed by atoms with E-state index in [4.69, 9.17) is 16.7 Å². The van der Waals surface area contributed by atoms with Crippen LogP contribution in [0.25, 0.3) is 0 Å². The molecule has 7 heteroatoms. The lowest BCUT2D eigenvalue weighted by Gasteiger charge is -2.13. The maximum atomic E-state index is 11.9. The molecule has 0 bridgehead atoms. The van der Waals surface area contributed by atoms with E-state index in [1.54, 1.807) is 24.3 Å². The quantitative estimate of drug-likeness (QED) is 0.629. The van der Waals surface area contributed by atoms with E-state index >= 15 is 0 Å². The van der Waals surface area contributed by atoms with Crippen LogP contribution in [0.2, 0.25) is 5.02 Å². The topological polar surface area (TPSA) is 83.5 Å². The zero-order chi connectivity index (χ0) is 17.2. The van der Waals surface area contributed by atoms with Gasteiger partial charge in [-0.15, -0.1) is 11.8 Å². The van der Waals surface area contributed by atoms with Crippen molar-refractivity contribution in [3.63, 3.8) is 0 Å². The van der Waals surface area contributed by atoms with Crippen LogP contribution in [0.4, 0.5) is 0 Å². The summed E-state index contributed by atoms with van der Waals surface area (Å²) in [6.45, 7) is 1.96. The molecule has 0 fully saturated rings. The third-order valence-corrected chi connectivity index (χ3v) is 4.30. The van der Waals surface area contributed by atoms with Crippen molar-refractivity contribution in [2.45, 2.75) is 32.2 Å². The fourth-order valence-electron chi connectivity index (χ4n) is 1.86. The molecular formula is C16H20ClNO4S. The second kappa shape index (κ2) is 10.3. The summed E-state index contributed by atoms with van der Waals surface area (Å²) in [7, 11) is 0. The van der Waals surface area contributed by atoms with Crippen LogP contribution in [0.15, 0.2) is 24.3 Å². The third-order valence-electron chi connectivity index (χ3n) is 3.11. The van der Waals surface area contributed by atoms with Crippen LogP contribution in [-0.2, 0) is 9.59 Å². The van der Waals surface area contributed by atoms with Gasteiger partial charge in [0.05, 0.1) is 11.5 Å². The van der Waals surface area contributed by atoms with Crippen molar-refractivity contribution in [3.05, 3.63) is 34.9 Å². The fourth-order valence-corrected chi connectivity index (χ4v) is 2.71. The molecule has 0 saturated carbocycles. The van der Waals surface area contributed by atoms with E-state index in [-0.39, 0.29) is 23.2 Å². The van der Waals surface area contributed by atoms with Gasteiger partial charge in [0.1, 0.15) is 6.04 Å². The molecular weight excluding hydrogens is 338 g/mol. The average molecular weight is 358 g/mol. The van der Waals surface area contributed by atoms with Crippen LogP contribution in [0.3, 0.4) is 0 Å². The molecule has 0 aliphatic heterocycles. The summed E-state index contributed by atoms with van der Waals surface area (Å²) in [6.07, 6.45) is 2.01. The van der Waals surface area contributed by atoms with Crippen LogP contribution in [0.5, 0.6) is 0 Å². The Bertz CT molecular complexity index is 548. The normalized spacial score (nSPS) is 11.7. The Labute approximate surface area is 144 Å². The number of hydrogen-bond acceptors (Lipinski definition) is 4. The standard InChI is InChI=1S/C16H20ClNO4S/c1-2-3-4-13(16(21)22)18-15(20)10-23-9-14(19)11-5-7-12(17)8-6-11/h5-8,13H,2-4,9-10H2,1H3,(H,18,20)(H,21,22)/t13-/m0/s1. The van der Waals surface area contributed by atoms with E-state index in [0.717, 1.165) is 24.6 Å². The number of carboxylic acid groups (broad SMARTS) is 1. The van der Waals surface area contributed by atoms with Gasteiger partial charge < -0.3 is 10.4 Å². The van der Waals surface area contributed by atoms with E-state index < -0.39 is 12.0 Å². The SMILES string of the molecule is CCCC[C@H](NC(=O)CSCC(=O)c1ccc(Cl)cc1)C(=O)O. The average Bonchev–Trinajstić information content (AvgIpc) is 2.51. The van der Waals surface area contributed by atoms with E-state index in [1.807, 2.05) is 6.92 Å². The molecule has 126 valence electrons. The number of aliphatic carboxylic acids is 1. The first-order valence-electron chi connectivity index (χ1n) is 7.32. The minimum Gasteiger partial charge on any atom is -0.480 e. The summed E-state index contributed by atoms with van der Waals surface area (Å²) < 4.78 is 0. The molecule has 0 radical (unpaired) electrons. The van der Waals surface area contributed by atoms with Crippen molar-refractivity contribution in [1.82, 2.24) is 5.32 Å². The molecule has 0 aliphatic carbocycles. The van der Waals surface area contributed by atoms with Gasteiger partial charge in [-0.1, -0.05) is 31.4 Å². The van der Waals surface area contributed by atoms with Gasteiger partial charge >= 0.3 is 5.97 Å². The van der Waals surface area contributed by atoms with E-state index in [1.165, 1.54) is 0 Å². The molecule has 1 aromatic rings. The smallest absolute Gasteiger partial charge is 0.326 e. The first-order valence-corrected chi connectivity index (χ1v) is 8.86. The molecule has 1 aromatic carbocycles. The lowest BCUT2D eigenvalue weighted by molar-refractivity contribution is -0.141. The highest BCUT2D eigenvalue weighted by Crippen LogP contribution is 2.12. The summed E-state index contributed by atoms with van der Waals surface area (Å²) in [5.41, 5.74) is 0.536. The number of carboxylic acids is 1. The lowest BCUT2D eigenvalue weighted by atomic mass is 10.1. The summed E-state index contributed by atoms with van der Waals surface area (Å²) >= 11 is 6.91. The number of benzene rings is 1. The second-order valence-electron chi connectivity index (χ2n) is 5.02. The van der Waals surface area contributed by atoms with Crippen LogP contribution >= 0.6 is 23.4 Å². The monoisotopic (exact) mass is 357 g/mol. The molecule has 0 aromatic heterocycles. The molecule has 0 aliphatic rings. The zero-order valence-electron chi connectivity index (χ0n) is 12.9. The van der Waals surface area contributed by atoms with Gasteiger partial charge in [0.25, 0.3) is 0 Å². The zero-order valence-corrected chi connectivity index (χ0v) is 14.5.